The number of carboxylic acid groups (broad SMARTS) is 2. The van der Waals surface area contributed by atoms with Gasteiger partial charge in [-0.25, -0.2) is 9.59 Å². The summed E-state index contributed by atoms with van der Waals surface area (Å²) in [7, 11) is 1.56. The van der Waals surface area contributed by atoms with E-state index in [1.54, 1.807) is 31.4 Å². The molecule has 0 aromatic heterocycles. The lowest BCUT2D eigenvalue weighted by Gasteiger charge is -2.10. The molecule has 0 radical (unpaired) electrons. The molecule has 0 atom stereocenters. The second-order valence-corrected chi connectivity index (χ2v) is 4.46. The van der Waals surface area contributed by atoms with Gasteiger partial charge in [-0.15, -0.1) is 0 Å². The van der Waals surface area contributed by atoms with Crippen LogP contribution >= 0.6 is 0 Å². The molecule has 2 aromatic carbocycles. The molecule has 0 bridgehead atoms. The number of ether oxygens (including phenoxy) is 2. The van der Waals surface area contributed by atoms with Crippen LogP contribution in [0.15, 0.2) is 42.5 Å². The minimum atomic E-state index is -1.18. The Bertz CT molecular complexity index is 690. The van der Waals surface area contributed by atoms with Crippen molar-refractivity contribution in [2.24, 2.45) is 0 Å². The quantitative estimate of drug-likeness (QED) is 0.852. The Morgan fingerprint density at radius 1 is 1.00 bits per heavy atom. The van der Waals surface area contributed by atoms with Crippen LogP contribution in [0.1, 0.15) is 26.3 Å². The van der Waals surface area contributed by atoms with Crippen LogP contribution < -0.4 is 9.47 Å². The molecule has 2 N–H and O–H groups in total. The molecule has 0 saturated heterocycles. The van der Waals surface area contributed by atoms with Gasteiger partial charge in [-0.1, -0.05) is 12.1 Å². The van der Waals surface area contributed by atoms with E-state index < -0.39 is 11.9 Å². The first-order valence-corrected chi connectivity index (χ1v) is 6.37. The summed E-state index contributed by atoms with van der Waals surface area (Å²) in [6.07, 6.45) is 0. The molecule has 0 amide bonds. The van der Waals surface area contributed by atoms with Crippen molar-refractivity contribution in [3.8, 4) is 11.5 Å². The molecule has 6 nitrogen and oxygen atoms in total. The Hall–Kier alpha value is -3.02. The summed E-state index contributed by atoms with van der Waals surface area (Å²) in [5, 5.41) is 18.1. The highest BCUT2D eigenvalue weighted by molar-refractivity contribution is 5.94. The van der Waals surface area contributed by atoms with Crippen molar-refractivity contribution < 1.29 is 29.3 Å². The minimum Gasteiger partial charge on any atom is -0.497 e. The third-order valence-electron chi connectivity index (χ3n) is 3.01. The van der Waals surface area contributed by atoms with Crippen LogP contribution in [-0.2, 0) is 6.61 Å². The Labute approximate surface area is 126 Å². The molecule has 2 rings (SSSR count). The predicted octanol–water partition coefficient (Wildman–Crippen LogP) is 2.67. The highest BCUT2D eigenvalue weighted by Gasteiger charge is 2.14. The molecule has 22 heavy (non-hydrogen) atoms. The lowest BCUT2D eigenvalue weighted by Crippen LogP contribution is -2.06. The largest absolute Gasteiger partial charge is 0.497 e. The summed E-state index contributed by atoms with van der Waals surface area (Å²) in [5.41, 5.74) is 0.686. The maximum Gasteiger partial charge on any atom is 0.339 e. The molecular formula is C16H14O6. The monoisotopic (exact) mass is 302 g/mol. The molecule has 0 spiro atoms. The Morgan fingerprint density at radius 2 is 1.68 bits per heavy atom. The SMILES string of the molecule is COc1ccc(COc2cc(C(=O)O)ccc2C(=O)O)cc1. The highest BCUT2D eigenvalue weighted by atomic mass is 16.5. The van der Waals surface area contributed by atoms with E-state index in [9.17, 15) is 9.59 Å². The number of aromatic carboxylic acids is 2. The van der Waals surface area contributed by atoms with Crippen molar-refractivity contribution in [3.05, 3.63) is 59.2 Å². The zero-order chi connectivity index (χ0) is 16.1. The molecule has 0 unspecified atom stereocenters. The van der Waals surface area contributed by atoms with Crippen LogP contribution in [0.3, 0.4) is 0 Å². The number of rotatable bonds is 6. The minimum absolute atomic E-state index is 0.0169. The number of hydrogen-bond donors (Lipinski definition) is 2. The number of hydrogen-bond acceptors (Lipinski definition) is 4. The lowest BCUT2D eigenvalue weighted by atomic mass is 10.1. The topological polar surface area (TPSA) is 93.1 Å². The van der Waals surface area contributed by atoms with E-state index in [0.717, 1.165) is 5.56 Å². The Kier molecular flexibility index (Phi) is 4.63. The molecule has 6 heteroatoms. The summed E-state index contributed by atoms with van der Waals surface area (Å²) in [5.74, 6) is -1.61. The fourth-order valence-corrected chi connectivity index (χ4v) is 1.83. The summed E-state index contributed by atoms with van der Waals surface area (Å²) in [6.45, 7) is 0.118. The van der Waals surface area contributed by atoms with Crippen molar-refractivity contribution in [3.63, 3.8) is 0 Å². The van der Waals surface area contributed by atoms with Crippen LogP contribution in [0.25, 0.3) is 0 Å². The maximum atomic E-state index is 11.2. The van der Waals surface area contributed by atoms with Gasteiger partial charge in [-0.2, -0.15) is 0 Å². The molecule has 0 aliphatic heterocycles. The number of methoxy groups -OCH3 is 1. The molecule has 0 aliphatic carbocycles. The van der Waals surface area contributed by atoms with Crippen molar-refractivity contribution in [1.29, 1.82) is 0 Å². The van der Waals surface area contributed by atoms with Gasteiger partial charge in [-0.05, 0) is 35.9 Å². The fourth-order valence-electron chi connectivity index (χ4n) is 1.83. The van der Waals surface area contributed by atoms with Gasteiger partial charge in [0.15, 0.2) is 0 Å². The summed E-state index contributed by atoms with van der Waals surface area (Å²) in [4.78, 5) is 22.1. The molecule has 0 heterocycles. The first-order chi connectivity index (χ1) is 10.5. The van der Waals surface area contributed by atoms with Gasteiger partial charge in [0.2, 0.25) is 0 Å². The fraction of sp³-hybridized carbons (Fsp3) is 0.125. The zero-order valence-electron chi connectivity index (χ0n) is 11.8. The second kappa shape index (κ2) is 6.62. The smallest absolute Gasteiger partial charge is 0.339 e. The van der Waals surface area contributed by atoms with E-state index >= 15 is 0 Å². The first kappa shape index (κ1) is 15.4. The van der Waals surface area contributed by atoms with Gasteiger partial charge >= 0.3 is 11.9 Å². The van der Waals surface area contributed by atoms with E-state index in [-0.39, 0.29) is 23.5 Å². The van der Waals surface area contributed by atoms with Crippen LogP contribution in [0.2, 0.25) is 0 Å². The molecule has 0 aliphatic rings. The zero-order valence-corrected chi connectivity index (χ0v) is 11.8. The van der Waals surface area contributed by atoms with Gasteiger partial charge in [0.05, 0.1) is 12.7 Å². The van der Waals surface area contributed by atoms with Gasteiger partial charge < -0.3 is 19.7 Å². The average Bonchev–Trinajstić information content (AvgIpc) is 2.52. The van der Waals surface area contributed by atoms with Crippen LogP contribution in [0.4, 0.5) is 0 Å². The third kappa shape index (κ3) is 3.54. The summed E-state index contributed by atoms with van der Waals surface area (Å²) >= 11 is 0. The van der Waals surface area contributed by atoms with E-state index in [1.165, 1.54) is 18.2 Å². The van der Waals surface area contributed by atoms with Crippen molar-refractivity contribution >= 4 is 11.9 Å². The van der Waals surface area contributed by atoms with E-state index in [0.29, 0.717) is 5.75 Å². The Morgan fingerprint density at radius 3 is 2.23 bits per heavy atom. The van der Waals surface area contributed by atoms with Crippen LogP contribution in [0.5, 0.6) is 11.5 Å². The number of carbonyl (C=O) groups is 2. The van der Waals surface area contributed by atoms with Crippen molar-refractivity contribution in [2.45, 2.75) is 6.61 Å². The molecule has 114 valence electrons. The van der Waals surface area contributed by atoms with E-state index in [2.05, 4.69) is 0 Å². The predicted molar refractivity (Wildman–Crippen MR) is 77.7 cm³/mol. The van der Waals surface area contributed by atoms with Crippen molar-refractivity contribution in [1.82, 2.24) is 0 Å². The maximum absolute atomic E-state index is 11.2. The number of benzene rings is 2. The number of carboxylic acids is 2. The van der Waals surface area contributed by atoms with Gasteiger partial charge in [0.25, 0.3) is 0 Å². The van der Waals surface area contributed by atoms with Gasteiger partial charge in [-0.3, -0.25) is 0 Å². The summed E-state index contributed by atoms with van der Waals surface area (Å²) in [6, 6.07) is 10.7. The van der Waals surface area contributed by atoms with Crippen LogP contribution in [-0.4, -0.2) is 29.3 Å². The summed E-state index contributed by atoms with van der Waals surface area (Å²) < 4.78 is 10.5. The second-order valence-electron chi connectivity index (χ2n) is 4.46. The molecular weight excluding hydrogens is 288 g/mol. The molecule has 0 saturated carbocycles. The van der Waals surface area contributed by atoms with E-state index in [4.69, 9.17) is 19.7 Å². The average molecular weight is 302 g/mol. The standard InChI is InChI=1S/C16H14O6/c1-21-12-5-2-10(3-6-12)9-22-14-8-11(15(17)18)4-7-13(14)16(19)20/h2-8H,9H2,1H3,(H,17,18)(H,19,20). The molecule has 0 fully saturated rings. The normalized spacial score (nSPS) is 10.0. The van der Waals surface area contributed by atoms with Gasteiger partial charge in [0.1, 0.15) is 23.7 Å². The molecule has 2 aromatic rings. The Balaban J connectivity index is 2.20. The lowest BCUT2D eigenvalue weighted by molar-refractivity contribution is 0.0676. The van der Waals surface area contributed by atoms with Crippen molar-refractivity contribution in [2.75, 3.05) is 7.11 Å². The van der Waals surface area contributed by atoms with E-state index in [1.807, 2.05) is 0 Å². The highest BCUT2D eigenvalue weighted by Crippen LogP contribution is 2.22. The van der Waals surface area contributed by atoms with Gasteiger partial charge in [0, 0.05) is 0 Å². The third-order valence-corrected chi connectivity index (χ3v) is 3.01. The van der Waals surface area contributed by atoms with Crippen LogP contribution in [0, 0.1) is 0 Å². The first-order valence-electron chi connectivity index (χ1n) is 6.37.